The maximum Gasteiger partial charge on any atom is 0.246 e. The summed E-state index contributed by atoms with van der Waals surface area (Å²) in [5.74, 6) is 1.57. The molecule has 0 radical (unpaired) electrons. The molecule has 8 nitrogen and oxygen atoms in total. The Labute approximate surface area is 214 Å². The predicted molar refractivity (Wildman–Crippen MR) is 145 cm³/mol. The lowest BCUT2D eigenvalue weighted by molar-refractivity contribution is -0.116. The van der Waals surface area contributed by atoms with Gasteiger partial charge >= 0.3 is 0 Å². The Kier molecular flexibility index (Phi) is 9.04. The van der Waals surface area contributed by atoms with Crippen molar-refractivity contribution < 1.29 is 9.53 Å². The van der Waals surface area contributed by atoms with Gasteiger partial charge in [0.05, 0.1) is 6.54 Å². The molecule has 174 valence electrons. The van der Waals surface area contributed by atoms with Gasteiger partial charge in [-0.15, -0.1) is 24.0 Å². The van der Waals surface area contributed by atoms with Crippen LogP contribution in [0, 0.1) is 0 Å². The fourth-order valence-corrected chi connectivity index (χ4v) is 3.11. The lowest BCUT2D eigenvalue weighted by atomic mass is 10.2. The van der Waals surface area contributed by atoms with Crippen LogP contribution in [-0.4, -0.2) is 21.6 Å². The van der Waals surface area contributed by atoms with Crippen molar-refractivity contribution >= 4 is 47.2 Å². The van der Waals surface area contributed by atoms with Crippen LogP contribution in [0.4, 0.5) is 11.4 Å². The number of guanidine groups is 1. The molecule has 1 aromatic heterocycles. The van der Waals surface area contributed by atoms with Gasteiger partial charge in [-0.05, 0) is 48.0 Å². The van der Waals surface area contributed by atoms with Crippen LogP contribution in [0.2, 0.25) is 0 Å². The van der Waals surface area contributed by atoms with E-state index in [2.05, 4.69) is 20.7 Å². The Bertz CT molecular complexity index is 1230. The largest absolute Gasteiger partial charge is 0.457 e. The van der Waals surface area contributed by atoms with E-state index in [-0.39, 0.29) is 42.4 Å². The van der Waals surface area contributed by atoms with Crippen molar-refractivity contribution in [2.24, 2.45) is 10.7 Å². The summed E-state index contributed by atoms with van der Waals surface area (Å²) in [6.45, 7) is 0.515. The van der Waals surface area contributed by atoms with Crippen molar-refractivity contribution in [2.45, 2.75) is 13.1 Å². The molecule has 0 fully saturated rings. The fraction of sp³-hybridized carbons (Fsp3) is 0.0800. The number of ether oxygens (including phenoxy) is 1. The molecule has 1 heterocycles. The van der Waals surface area contributed by atoms with E-state index in [1.54, 1.807) is 23.1 Å². The van der Waals surface area contributed by atoms with E-state index < -0.39 is 0 Å². The first kappa shape index (κ1) is 24.8. The van der Waals surface area contributed by atoms with Gasteiger partial charge in [-0.25, -0.2) is 4.99 Å². The number of aliphatic imine (C=N–C) groups is 1. The van der Waals surface area contributed by atoms with Gasteiger partial charge in [-0.2, -0.15) is 5.10 Å². The molecule has 0 bridgehead atoms. The highest BCUT2D eigenvalue weighted by atomic mass is 127. The molecule has 4 aromatic rings. The normalized spacial score (nSPS) is 10.8. The molecule has 0 aliphatic heterocycles. The molecule has 0 atom stereocenters. The summed E-state index contributed by atoms with van der Waals surface area (Å²) in [5, 5.41) is 9.98. The average Bonchev–Trinajstić information content (AvgIpc) is 3.32. The van der Waals surface area contributed by atoms with Gasteiger partial charge in [0.25, 0.3) is 0 Å². The Balaban J connectivity index is 0.00000324. The molecular weight excluding hydrogens is 543 g/mol. The molecule has 9 heteroatoms. The van der Waals surface area contributed by atoms with Crippen LogP contribution in [-0.2, 0) is 17.9 Å². The number of halogens is 1. The van der Waals surface area contributed by atoms with Crippen LogP contribution in [0.5, 0.6) is 11.5 Å². The number of carbonyl (C=O) groups excluding carboxylic acids is 1. The summed E-state index contributed by atoms with van der Waals surface area (Å²) in [7, 11) is 0. The number of nitrogens with two attached hydrogens (primary N) is 1. The fourth-order valence-electron chi connectivity index (χ4n) is 3.11. The summed E-state index contributed by atoms with van der Waals surface area (Å²) in [6.07, 6.45) is 3.38. The molecule has 0 unspecified atom stereocenters. The van der Waals surface area contributed by atoms with E-state index in [1.165, 1.54) is 0 Å². The molecule has 0 aliphatic carbocycles. The van der Waals surface area contributed by atoms with E-state index in [0.717, 1.165) is 17.0 Å². The highest BCUT2D eigenvalue weighted by molar-refractivity contribution is 14.0. The van der Waals surface area contributed by atoms with Crippen LogP contribution in [0.25, 0.3) is 0 Å². The lowest BCUT2D eigenvalue weighted by Crippen LogP contribution is -2.22. The van der Waals surface area contributed by atoms with Crippen molar-refractivity contribution in [1.82, 2.24) is 9.78 Å². The third-order valence-electron chi connectivity index (χ3n) is 4.59. The number of nitrogens with zero attached hydrogens (tertiary/aromatic N) is 3. The van der Waals surface area contributed by atoms with Crippen molar-refractivity contribution in [3.63, 3.8) is 0 Å². The number of benzene rings is 3. The Morgan fingerprint density at radius 3 is 2.41 bits per heavy atom. The number of rotatable bonds is 8. The van der Waals surface area contributed by atoms with E-state index in [4.69, 9.17) is 10.5 Å². The maximum atomic E-state index is 12.2. The zero-order chi connectivity index (χ0) is 22.9. The van der Waals surface area contributed by atoms with Crippen molar-refractivity contribution in [2.75, 3.05) is 10.6 Å². The van der Waals surface area contributed by atoms with Crippen LogP contribution in [0.15, 0.2) is 102 Å². The highest BCUT2D eigenvalue weighted by Gasteiger charge is 2.05. The van der Waals surface area contributed by atoms with Gasteiger partial charge in [-0.3, -0.25) is 9.48 Å². The van der Waals surface area contributed by atoms with Crippen LogP contribution in [0.3, 0.4) is 0 Å². The Morgan fingerprint density at radius 1 is 0.912 bits per heavy atom. The first-order valence-electron chi connectivity index (χ1n) is 10.4. The molecule has 1 amide bonds. The standard InChI is InChI=1S/C25H24N6O2.HI/c26-25(30-21-9-5-12-23(16-21)33-22-10-2-1-3-11-22)27-17-19-7-4-8-20(15-19)29-24(32)18-31-14-6-13-28-31;/h1-16H,17-18H2,(H,29,32)(H3,26,27,30);1H. The van der Waals surface area contributed by atoms with Crippen LogP contribution in [0.1, 0.15) is 5.56 Å². The summed E-state index contributed by atoms with van der Waals surface area (Å²) >= 11 is 0. The van der Waals surface area contributed by atoms with Gasteiger partial charge in [-0.1, -0.05) is 36.4 Å². The highest BCUT2D eigenvalue weighted by Crippen LogP contribution is 2.23. The number of hydrogen-bond donors (Lipinski definition) is 3. The Hall–Kier alpha value is -3.86. The van der Waals surface area contributed by atoms with E-state index in [1.807, 2.05) is 78.9 Å². The number of amides is 1. The minimum atomic E-state index is -0.155. The minimum Gasteiger partial charge on any atom is -0.457 e. The number of hydrogen-bond acceptors (Lipinski definition) is 4. The van der Waals surface area contributed by atoms with Crippen molar-refractivity contribution in [3.8, 4) is 11.5 Å². The molecule has 4 rings (SSSR count). The Morgan fingerprint density at radius 2 is 1.65 bits per heavy atom. The van der Waals surface area contributed by atoms with Crippen LogP contribution >= 0.6 is 24.0 Å². The SMILES string of the molecule is I.NC(=NCc1cccc(NC(=O)Cn2cccn2)c1)Nc1cccc(Oc2ccccc2)c1. The third-order valence-corrected chi connectivity index (χ3v) is 4.59. The summed E-state index contributed by atoms with van der Waals surface area (Å²) in [6, 6.07) is 26.3. The number of carbonyl (C=O) groups is 1. The molecule has 0 spiro atoms. The maximum absolute atomic E-state index is 12.2. The predicted octanol–water partition coefficient (Wildman–Crippen LogP) is 4.86. The smallest absolute Gasteiger partial charge is 0.246 e. The molecule has 0 saturated heterocycles. The molecule has 0 saturated carbocycles. The second kappa shape index (κ2) is 12.4. The quantitative estimate of drug-likeness (QED) is 0.160. The molecule has 3 aromatic carbocycles. The number of aromatic nitrogens is 2. The molecule has 34 heavy (non-hydrogen) atoms. The van der Waals surface area contributed by atoms with Crippen molar-refractivity contribution in [1.29, 1.82) is 0 Å². The van der Waals surface area contributed by atoms with Gasteiger partial charge in [0.2, 0.25) is 5.91 Å². The van der Waals surface area contributed by atoms with E-state index >= 15 is 0 Å². The first-order chi connectivity index (χ1) is 16.1. The summed E-state index contributed by atoms with van der Waals surface area (Å²) < 4.78 is 7.41. The van der Waals surface area contributed by atoms with Gasteiger partial charge in [0, 0.05) is 29.8 Å². The van der Waals surface area contributed by atoms with Crippen LogP contribution < -0.4 is 21.1 Å². The molecule has 0 aliphatic rings. The molecule has 4 N–H and O–H groups in total. The monoisotopic (exact) mass is 568 g/mol. The topological polar surface area (TPSA) is 107 Å². The second-order valence-corrected chi connectivity index (χ2v) is 7.22. The van der Waals surface area contributed by atoms with Gasteiger partial charge < -0.3 is 21.1 Å². The third kappa shape index (κ3) is 7.62. The second-order valence-electron chi connectivity index (χ2n) is 7.22. The zero-order valence-electron chi connectivity index (χ0n) is 18.3. The molecular formula is C25H25IN6O2. The number of para-hydroxylation sites is 1. The zero-order valence-corrected chi connectivity index (χ0v) is 20.6. The van der Waals surface area contributed by atoms with E-state index in [0.29, 0.717) is 18.0 Å². The lowest BCUT2D eigenvalue weighted by Gasteiger charge is -2.10. The first-order valence-corrected chi connectivity index (χ1v) is 10.4. The van der Waals surface area contributed by atoms with E-state index in [9.17, 15) is 4.79 Å². The van der Waals surface area contributed by atoms with Crippen molar-refractivity contribution in [3.05, 3.63) is 103 Å². The minimum absolute atomic E-state index is 0. The van der Waals surface area contributed by atoms with Gasteiger partial charge in [0.15, 0.2) is 5.96 Å². The summed E-state index contributed by atoms with van der Waals surface area (Å²) in [5.41, 5.74) is 8.44. The number of nitrogens with one attached hydrogen (secondary N) is 2. The van der Waals surface area contributed by atoms with Gasteiger partial charge in [0.1, 0.15) is 18.0 Å². The number of anilines is 2. The average molecular weight is 568 g/mol. The summed E-state index contributed by atoms with van der Waals surface area (Å²) in [4.78, 5) is 16.6.